The Hall–Kier alpha value is -3.73. The van der Waals surface area contributed by atoms with Gasteiger partial charge < -0.3 is 20.2 Å². The second kappa shape index (κ2) is 14.6. The molecule has 0 aliphatic carbocycles. The standard InChI is InChI=1S/C33H41N5O4S/c1-2-3-4-5-6-9-29-23-37-33(42-29)38(43(40,41)30-14-15-31-26(21-30)17-20-36-31)28-12-10-25(11-13-28)16-19-35-24-32(39)27-8-7-18-34-22-27/h7-8,10-15,18,21-23,32,35-36,39H,2-6,9,16-17,19-20,24H2,1H3. The van der Waals surface area contributed by atoms with Gasteiger partial charge in [0, 0.05) is 43.2 Å². The minimum absolute atomic E-state index is 0.0426. The number of nitrogens with zero attached hydrogens (tertiary/aromatic N) is 3. The van der Waals surface area contributed by atoms with Crippen LogP contribution in [0.1, 0.15) is 67.6 Å². The lowest BCUT2D eigenvalue weighted by atomic mass is 10.1. The van der Waals surface area contributed by atoms with E-state index in [2.05, 4.69) is 27.5 Å². The molecular formula is C33H41N5O4S. The first kappa shape index (κ1) is 30.7. The van der Waals surface area contributed by atoms with Crippen molar-refractivity contribution in [1.82, 2.24) is 15.3 Å². The van der Waals surface area contributed by atoms with Gasteiger partial charge in [-0.3, -0.25) is 4.98 Å². The molecule has 0 saturated heterocycles. The first-order valence-electron chi connectivity index (χ1n) is 15.2. The summed E-state index contributed by atoms with van der Waals surface area (Å²) in [6.45, 7) is 4.05. The Kier molecular flexibility index (Phi) is 10.5. The highest BCUT2D eigenvalue weighted by Crippen LogP contribution is 2.34. The molecule has 2 aromatic heterocycles. The second-order valence-corrected chi connectivity index (χ2v) is 12.7. The van der Waals surface area contributed by atoms with Crippen LogP contribution in [0.25, 0.3) is 0 Å². The molecule has 2 aromatic carbocycles. The first-order valence-corrected chi connectivity index (χ1v) is 16.6. The Balaban J connectivity index is 1.30. The molecule has 5 rings (SSSR count). The lowest BCUT2D eigenvalue weighted by molar-refractivity contribution is 0.174. The zero-order chi connectivity index (χ0) is 30.1. The summed E-state index contributed by atoms with van der Waals surface area (Å²) < 4.78 is 35.5. The quantitative estimate of drug-likeness (QED) is 0.135. The van der Waals surface area contributed by atoms with Crippen LogP contribution in [0, 0.1) is 0 Å². The molecule has 3 N–H and O–H groups in total. The molecule has 4 aromatic rings. The maximum atomic E-state index is 14.1. The van der Waals surface area contributed by atoms with E-state index in [1.807, 2.05) is 24.3 Å². The molecule has 1 aliphatic heterocycles. The highest BCUT2D eigenvalue weighted by molar-refractivity contribution is 7.93. The van der Waals surface area contributed by atoms with Crippen molar-refractivity contribution in [3.63, 3.8) is 0 Å². The van der Waals surface area contributed by atoms with Crippen LogP contribution in [0.2, 0.25) is 0 Å². The summed E-state index contributed by atoms with van der Waals surface area (Å²) in [6, 6.07) is 16.3. The van der Waals surface area contributed by atoms with Gasteiger partial charge in [-0.25, -0.2) is 13.4 Å². The molecule has 1 atom stereocenters. The van der Waals surface area contributed by atoms with Gasteiger partial charge in [0.05, 0.1) is 22.9 Å². The van der Waals surface area contributed by atoms with E-state index in [-0.39, 0.29) is 10.9 Å². The minimum atomic E-state index is -4.01. The minimum Gasteiger partial charge on any atom is -0.428 e. The summed E-state index contributed by atoms with van der Waals surface area (Å²) in [5, 5.41) is 16.9. The number of unbranched alkanes of at least 4 members (excludes halogenated alkanes) is 4. The third-order valence-electron chi connectivity index (χ3n) is 7.73. The van der Waals surface area contributed by atoms with E-state index >= 15 is 0 Å². The maximum Gasteiger partial charge on any atom is 0.316 e. The number of nitrogens with one attached hydrogen (secondary N) is 2. The molecule has 0 radical (unpaired) electrons. The smallest absolute Gasteiger partial charge is 0.316 e. The normalized spacial score (nSPS) is 13.4. The number of sulfonamides is 1. The summed E-state index contributed by atoms with van der Waals surface area (Å²) >= 11 is 0. The number of oxazole rings is 1. The zero-order valence-electron chi connectivity index (χ0n) is 24.7. The van der Waals surface area contributed by atoms with E-state index in [9.17, 15) is 13.5 Å². The molecule has 0 bridgehead atoms. The molecule has 0 spiro atoms. The number of hydrogen-bond acceptors (Lipinski definition) is 8. The van der Waals surface area contributed by atoms with E-state index in [0.717, 1.165) is 54.6 Å². The molecular weight excluding hydrogens is 562 g/mol. The largest absolute Gasteiger partial charge is 0.428 e. The molecule has 228 valence electrons. The van der Waals surface area contributed by atoms with Crippen molar-refractivity contribution in [3.8, 4) is 0 Å². The first-order chi connectivity index (χ1) is 21.0. The summed E-state index contributed by atoms with van der Waals surface area (Å²) in [4.78, 5) is 8.68. The van der Waals surface area contributed by atoms with Crippen molar-refractivity contribution in [3.05, 3.63) is 95.6 Å². The van der Waals surface area contributed by atoms with Gasteiger partial charge in [-0.2, -0.15) is 4.31 Å². The average molecular weight is 604 g/mol. The highest BCUT2D eigenvalue weighted by Gasteiger charge is 2.31. The number of fused-ring (bicyclic) bond motifs is 1. The Morgan fingerprint density at radius 2 is 1.88 bits per heavy atom. The van der Waals surface area contributed by atoms with Gasteiger partial charge in [-0.15, -0.1) is 0 Å². The lowest BCUT2D eigenvalue weighted by Crippen LogP contribution is -2.27. The van der Waals surface area contributed by atoms with Crippen LogP contribution in [0.15, 0.2) is 82.5 Å². The van der Waals surface area contributed by atoms with Crippen molar-refractivity contribution in [1.29, 1.82) is 0 Å². The van der Waals surface area contributed by atoms with Gasteiger partial charge >= 0.3 is 6.01 Å². The van der Waals surface area contributed by atoms with Crippen molar-refractivity contribution in [2.45, 2.75) is 69.3 Å². The molecule has 43 heavy (non-hydrogen) atoms. The van der Waals surface area contributed by atoms with Gasteiger partial charge in [-0.05, 0) is 73.3 Å². The van der Waals surface area contributed by atoms with Crippen LogP contribution in [0.3, 0.4) is 0 Å². The van der Waals surface area contributed by atoms with Crippen LogP contribution < -0.4 is 14.9 Å². The van der Waals surface area contributed by atoms with E-state index in [0.29, 0.717) is 31.0 Å². The molecule has 1 unspecified atom stereocenters. The van der Waals surface area contributed by atoms with Crippen LogP contribution in [-0.2, 0) is 29.3 Å². The van der Waals surface area contributed by atoms with Crippen LogP contribution >= 0.6 is 0 Å². The number of aromatic nitrogens is 2. The summed E-state index contributed by atoms with van der Waals surface area (Å²) in [6.07, 6.45) is 12.2. The Bertz CT molecular complexity index is 1560. The van der Waals surface area contributed by atoms with Gasteiger partial charge in [0.15, 0.2) is 0 Å². The van der Waals surface area contributed by atoms with Crippen molar-refractivity contribution >= 4 is 27.4 Å². The Morgan fingerprint density at radius 3 is 2.67 bits per heavy atom. The zero-order valence-corrected chi connectivity index (χ0v) is 25.5. The lowest BCUT2D eigenvalue weighted by Gasteiger charge is -2.21. The number of rotatable bonds is 16. The van der Waals surface area contributed by atoms with Gasteiger partial charge in [-0.1, -0.05) is 50.8 Å². The van der Waals surface area contributed by atoms with E-state index in [1.54, 1.807) is 48.9 Å². The third kappa shape index (κ3) is 7.81. The van der Waals surface area contributed by atoms with Crippen LogP contribution in [0.5, 0.6) is 0 Å². The molecule has 1 aliphatic rings. The number of aliphatic hydroxyl groups is 1. The fraction of sp³-hybridized carbons (Fsp3) is 0.394. The molecule has 0 saturated carbocycles. The number of aliphatic hydroxyl groups excluding tert-OH is 1. The van der Waals surface area contributed by atoms with Gasteiger partial charge in [0.1, 0.15) is 5.76 Å². The molecule has 0 amide bonds. The molecule has 0 fully saturated rings. The maximum absolute atomic E-state index is 14.1. The monoisotopic (exact) mass is 603 g/mol. The third-order valence-corrected chi connectivity index (χ3v) is 9.43. The van der Waals surface area contributed by atoms with Gasteiger partial charge in [0.2, 0.25) is 0 Å². The fourth-order valence-corrected chi connectivity index (χ4v) is 6.70. The summed E-state index contributed by atoms with van der Waals surface area (Å²) in [5.74, 6) is 0.681. The Morgan fingerprint density at radius 1 is 1.05 bits per heavy atom. The number of hydrogen-bond donors (Lipinski definition) is 3. The van der Waals surface area contributed by atoms with Crippen LogP contribution in [-0.4, -0.2) is 43.1 Å². The summed E-state index contributed by atoms with van der Waals surface area (Å²) in [7, 11) is -4.01. The fourth-order valence-electron chi connectivity index (χ4n) is 5.27. The average Bonchev–Trinajstić information content (AvgIpc) is 3.70. The number of benzene rings is 2. The number of aryl methyl sites for hydroxylation is 1. The van der Waals surface area contributed by atoms with E-state index < -0.39 is 16.1 Å². The van der Waals surface area contributed by atoms with E-state index in [1.165, 1.54) is 23.6 Å². The number of anilines is 3. The second-order valence-electron chi connectivity index (χ2n) is 11.0. The SMILES string of the molecule is CCCCCCCc1cnc(N(c2ccc(CCNCC(O)c3cccnc3)cc2)S(=O)(=O)c2ccc3c(c2)CCN3)o1. The molecule has 9 nitrogen and oxygen atoms in total. The van der Waals surface area contributed by atoms with Crippen LogP contribution in [0.4, 0.5) is 17.4 Å². The summed E-state index contributed by atoms with van der Waals surface area (Å²) in [5.41, 5.74) is 4.22. The van der Waals surface area contributed by atoms with Crippen molar-refractivity contribution < 1.29 is 17.9 Å². The molecule has 3 heterocycles. The number of pyridine rings is 1. The predicted octanol–water partition coefficient (Wildman–Crippen LogP) is 5.94. The Labute approximate surface area is 254 Å². The topological polar surface area (TPSA) is 121 Å². The van der Waals surface area contributed by atoms with Gasteiger partial charge in [0.25, 0.3) is 10.0 Å². The van der Waals surface area contributed by atoms with Crippen molar-refractivity contribution in [2.75, 3.05) is 29.3 Å². The van der Waals surface area contributed by atoms with E-state index in [4.69, 9.17) is 4.42 Å². The molecule has 10 heteroatoms. The highest BCUT2D eigenvalue weighted by atomic mass is 32.2. The van der Waals surface area contributed by atoms with Crippen molar-refractivity contribution in [2.24, 2.45) is 0 Å². The predicted molar refractivity (Wildman–Crippen MR) is 169 cm³/mol.